The van der Waals surface area contributed by atoms with Crippen LogP contribution in [-0.4, -0.2) is 17.6 Å². The maximum absolute atomic E-state index is 14.1. The average Bonchev–Trinajstić information content (AvgIpc) is 2.83. The van der Waals surface area contributed by atoms with E-state index < -0.39 is 29.6 Å². The van der Waals surface area contributed by atoms with Crippen LogP contribution in [0.2, 0.25) is 0 Å². The van der Waals surface area contributed by atoms with Crippen molar-refractivity contribution in [2.45, 2.75) is 6.54 Å². The summed E-state index contributed by atoms with van der Waals surface area (Å²) in [5.74, 6) is -3.16. The minimum atomic E-state index is -2.11. The summed E-state index contributed by atoms with van der Waals surface area (Å²) in [5.41, 5.74) is -0.463. The number of fused-ring (bicyclic) bond motifs is 1. The summed E-state index contributed by atoms with van der Waals surface area (Å²) in [4.78, 5) is 11.9. The molecule has 7 heteroatoms. The van der Waals surface area contributed by atoms with E-state index in [4.69, 9.17) is 4.74 Å². The number of phenolic OH excluding ortho intramolecular Hbond substituents is 1. The predicted octanol–water partition coefficient (Wildman–Crippen LogP) is 2.77. The molecule has 21 heavy (non-hydrogen) atoms. The lowest BCUT2D eigenvalue weighted by Crippen LogP contribution is -2.12. The van der Waals surface area contributed by atoms with Gasteiger partial charge in [-0.05, 0) is 24.3 Å². The Bertz CT molecular complexity index is 717. The number of benzene rings is 2. The number of phenols is 1. The molecule has 3 rings (SSSR count). The van der Waals surface area contributed by atoms with Gasteiger partial charge in [-0.3, -0.25) is 0 Å². The van der Waals surface area contributed by atoms with Crippen molar-refractivity contribution in [1.29, 1.82) is 0 Å². The Kier molecular flexibility index (Phi) is 3.09. The van der Waals surface area contributed by atoms with Gasteiger partial charge >= 0.3 is 12.5 Å². The third-order valence-corrected chi connectivity index (χ3v) is 2.78. The smallest absolute Gasteiger partial charge is 0.397 e. The molecule has 0 saturated heterocycles. The third-order valence-electron chi connectivity index (χ3n) is 2.78. The van der Waals surface area contributed by atoms with E-state index >= 15 is 0 Å². The summed E-state index contributed by atoms with van der Waals surface area (Å²) in [6, 6.07) is 8.00. The van der Waals surface area contributed by atoms with Crippen LogP contribution in [0.3, 0.4) is 0 Å². The first-order valence-electron chi connectivity index (χ1n) is 5.86. The van der Waals surface area contributed by atoms with Gasteiger partial charge < -0.3 is 19.3 Å². The van der Waals surface area contributed by atoms with Gasteiger partial charge in [0.25, 0.3) is 0 Å². The van der Waals surface area contributed by atoms with E-state index in [0.717, 1.165) is 6.07 Å². The Labute approximate surface area is 117 Å². The molecule has 0 saturated carbocycles. The van der Waals surface area contributed by atoms with Crippen molar-refractivity contribution in [3.63, 3.8) is 0 Å². The highest BCUT2D eigenvalue weighted by molar-refractivity contribution is 5.92. The molecule has 0 fully saturated rings. The normalized spacial score (nSPS) is 15.8. The molecule has 5 nitrogen and oxygen atoms in total. The molecule has 108 valence electrons. The maximum Gasteiger partial charge on any atom is 0.397 e. The largest absolute Gasteiger partial charge is 0.504 e. The van der Waals surface area contributed by atoms with E-state index in [0.29, 0.717) is 0 Å². The summed E-state index contributed by atoms with van der Waals surface area (Å²) in [6.45, 7) is -2.11. The maximum atomic E-state index is 14.1. The topological polar surface area (TPSA) is 65.0 Å². The molecule has 2 aromatic carbocycles. The van der Waals surface area contributed by atoms with E-state index in [1.165, 1.54) is 30.3 Å². The van der Waals surface area contributed by atoms with Crippen molar-refractivity contribution >= 4 is 5.97 Å². The van der Waals surface area contributed by atoms with Crippen molar-refractivity contribution in [3.05, 3.63) is 47.8 Å². The first-order chi connectivity index (χ1) is 10.1. The highest BCUT2D eigenvalue weighted by atomic mass is 19.2. The Morgan fingerprint density at radius 3 is 2.71 bits per heavy atom. The molecule has 1 heterocycles. The second-order valence-electron chi connectivity index (χ2n) is 4.12. The van der Waals surface area contributed by atoms with Crippen molar-refractivity contribution < 1.29 is 32.9 Å². The van der Waals surface area contributed by atoms with Gasteiger partial charge in [0, 0.05) is 0 Å². The number of carbonyl (C=O) groups is 1. The lowest BCUT2D eigenvalue weighted by molar-refractivity contribution is -0.0663. The van der Waals surface area contributed by atoms with Gasteiger partial charge in [0.15, 0.2) is 23.1 Å². The molecule has 0 spiro atoms. The van der Waals surface area contributed by atoms with Crippen LogP contribution in [-0.2, 0) is 0 Å². The predicted molar refractivity (Wildman–Crippen MR) is 65.6 cm³/mol. The number of esters is 1. The van der Waals surface area contributed by atoms with Crippen LogP contribution in [0.5, 0.6) is 23.0 Å². The van der Waals surface area contributed by atoms with Crippen LogP contribution < -0.4 is 14.2 Å². The zero-order valence-electron chi connectivity index (χ0n) is 10.4. The molecule has 0 aromatic heterocycles. The Morgan fingerprint density at radius 1 is 1.19 bits per heavy atom. The van der Waals surface area contributed by atoms with Crippen molar-refractivity contribution in [3.8, 4) is 23.0 Å². The lowest BCUT2D eigenvalue weighted by Gasteiger charge is -2.07. The van der Waals surface area contributed by atoms with Gasteiger partial charge in [-0.15, -0.1) is 0 Å². The van der Waals surface area contributed by atoms with E-state index in [1.807, 2.05) is 0 Å². The van der Waals surface area contributed by atoms with E-state index in [-0.39, 0.29) is 17.2 Å². The Morgan fingerprint density at radius 2 is 1.95 bits per heavy atom. The fourth-order valence-corrected chi connectivity index (χ4v) is 1.81. The molecule has 1 aliphatic rings. The highest BCUT2D eigenvalue weighted by Gasteiger charge is 2.30. The van der Waals surface area contributed by atoms with Gasteiger partial charge in [0.2, 0.25) is 5.75 Å². The summed E-state index contributed by atoms with van der Waals surface area (Å²) in [7, 11) is 0. The van der Waals surface area contributed by atoms with Crippen molar-refractivity contribution in [1.82, 2.24) is 0 Å². The Hall–Kier alpha value is -2.83. The fourth-order valence-electron chi connectivity index (χ4n) is 1.81. The standard InChI is InChI=1S/C14H8F2O5/c15-11-7(5-6-10-12(11)21-14(16)20-10)13(18)19-9-4-2-1-3-8(9)17/h1-6,14,17H. The Balaban J connectivity index is 1.90. The number of aromatic hydroxyl groups is 1. The quantitative estimate of drug-likeness (QED) is 0.681. The van der Waals surface area contributed by atoms with Crippen LogP contribution in [0.15, 0.2) is 36.4 Å². The highest BCUT2D eigenvalue weighted by Crippen LogP contribution is 2.39. The lowest BCUT2D eigenvalue weighted by atomic mass is 10.2. The molecule has 1 N–H and O–H groups in total. The second-order valence-corrected chi connectivity index (χ2v) is 4.12. The van der Waals surface area contributed by atoms with E-state index in [9.17, 15) is 18.7 Å². The SMILES string of the molecule is O=C(Oc1ccccc1O)c1ccc2c(c1F)OC(F)O2. The third kappa shape index (κ3) is 2.33. The minimum Gasteiger partial charge on any atom is -0.504 e. The van der Waals surface area contributed by atoms with Gasteiger partial charge in [0.05, 0.1) is 5.56 Å². The van der Waals surface area contributed by atoms with Crippen LogP contribution in [0.4, 0.5) is 8.78 Å². The van der Waals surface area contributed by atoms with Gasteiger partial charge in [-0.25, -0.2) is 9.18 Å². The number of carbonyl (C=O) groups excluding carboxylic acids is 1. The molecule has 0 amide bonds. The summed E-state index contributed by atoms with van der Waals surface area (Å²) in [6.07, 6.45) is 0. The summed E-state index contributed by atoms with van der Waals surface area (Å²) < 4.78 is 40.8. The van der Waals surface area contributed by atoms with Crippen molar-refractivity contribution in [2.24, 2.45) is 0 Å². The molecule has 2 aromatic rings. The van der Waals surface area contributed by atoms with Crippen molar-refractivity contribution in [2.75, 3.05) is 0 Å². The number of hydrogen-bond donors (Lipinski definition) is 1. The zero-order chi connectivity index (χ0) is 15.0. The van der Waals surface area contributed by atoms with Gasteiger partial charge in [-0.1, -0.05) is 12.1 Å². The first kappa shape index (κ1) is 13.2. The number of rotatable bonds is 2. The number of para-hydroxylation sites is 2. The van der Waals surface area contributed by atoms with Crippen LogP contribution in [0, 0.1) is 5.82 Å². The number of halogens is 2. The second kappa shape index (κ2) is 4.93. The molecule has 1 atom stereocenters. The summed E-state index contributed by atoms with van der Waals surface area (Å²) in [5, 5.41) is 9.50. The molecular weight excluding hydrogens is 286 g/mol. The van der Waals surface area contributed by atoms with Crippen LogP contribution >= 0.6 is 0 Å². The number of ether oxygens (including phenoxy) is 3. The molecule has 0 aliphatic carbocycles. The van der Waals surface area contributed by atoms with Crippen LogP contribution in [0.1, 0.15) is 10.4 Å². The minimum absolute atomic E-state index is 0.122. The molecule has 1 unspecified atom stereocenters. The molecule has 0 bridgehead atoms. The molecule has 1 aliphatic heterocycles. The fraction of sp³-hybridized carbons (Fsp3) is 0.0714. The molecule has 0 radical (unpaired) electrons. The zero-order valence-corrected chi connectivity index (χ0v) is 10.4. The van der Waals surface area contributed by atoms with E-state index in [1.54, 1.807) is 0 Å². The number of hydrogen-bond acceptors (Lipinski definition) is 5. The van der Waals surface area contributed by atoms with Gasteiger partial charge in [0.1, 0.15) is 0 Å². The average molecular weight is 294 g/mol. The van der Waals surface area contributed by atoms with Gasteiger partial charge in [-0.2, -0.15) is 4.39 Å². The summed E-state index contributed by atoms with van der Waals surface area (Å²) >= 11 is 0. The molecular formula is C14H8F2O5. The first-order valence-corrected chi connectivity index (χ1v) is 5.86. The van der Waals surface area contributed by atoms with E-state index in [2.05, 4.69) is 9.47 Å². The monoisotopic (exact) mass is 294 g/mol. The number of alkyl halides is 1. The van der Waals surface area contributed by atoms with Crippen LogP contribution in [0.25, 0.3) is 0 Å².